The van der Waals surface area contributed by atoms with Gasteiger partial charge in [-0.3, -0.25) is 4.57 Å². The highest BCUT2D eigenvalue weighted by Crippen LogP contribution is 2.35. The number of halogens is 3. The van der Waals surface area contributed by atoms with Crippen LogP contribution in [-0.2, 0) is 6.18 Å². The smallest absolute Gasteiger partial charge is 0.392 e. The number of hydrogen-bond donors (Lipinski definition) is 2. The van der Waals surface area contributed by atoms with Crippen molar-refractivity contribution in [1.82, 2.24) is 9.55 Å². The van der Waals surface area contributed by atoms with E-state index in [1.54, 1.807) is 11.5 Å². The van der Waals surface area contributed by atoms with Crippen LogP contribution >= 0.6 is 0 Å². The molecule has 3 aromatic rings. The van der Waals surface area contributed by atoms with E-state index < -0.39 is 17.8 Å². The number of rotatable bonds is 4. The summed E-state index contributed by atoms with van der Waals surface area (Å²) in [4.78, 5) is 4.12. The predicted molar refractivity (Wildman–Crippen MR) is 86.2 cm³/mol. The number of nitrogens with one attached hydrogen (secondary N) is 1. The van der Waals surface area contributed by atoms with Crippen molar-refractivity contribution < 1.29 is 18.3 Å². The number of anilines is 1. The molecule has 2 aromatic carbocycles. The van der Waals surface area contributed by atoms with Crippen molar-refractivity contribution in [2.45, 2.75) is 19.2 Å². The van der Waals surface area contributed by atoms with Crippen molar-refractivity contribution in [2.24, 2.45) is 0 Å². The largest absolute Gasteiger partial charge is 0.416 e. The molecule has 0 saturated heterocycles. The Morgan fingerprint density at radius 2 is 1.92 bits per heavy atom. The van der Waals surface area contributed by atoms with Gasteiger partial charge in [0.05, 0.1) is 28.4 Å². The van der Waals surface area contributed by atoms with Crippen LogP contribution in [-0.4, -0.2) is 27.3 Å². The quantitative estimate of drug-likeness (QED) is 0.762. The molecule has 4 nitrogen and oxygen atoms in total. The average molecular weight is 335 g/mol. The van der Waals surface area contributed by atoms with Crippen LogP contribution in [0.15, 0.2) is 48.8 Å². The van der Waals surface area contributed by atoms with Crippen LogP contribution < -0.4 is 5.32 Å². The maximum Gasteiger partial charge on any atom is 0.416 e. The molecule has 24 heavy (non-hydrogen) atoms. The Balaban J connectivity index is 2.19. The summed E-state index contributed by atoms with van der Waals surface area (Å²) in [7, 11) is 0. The molecule has 1 heterocycles. The first-order chi connectivity index (χ1) is 11.4. The molecule has 0 aliphatic rings. The summed E-state index contributed by atoms with van der Waals surface area (Å²) in [5.41, 5.74) is 1.07. The van der Waals surface area contributed by atoms with E-state index in [-0.39, 0.29) is 17.7 Å². The lowest BCUT2D eigenvalue weighted by molar-refractivity contribution is -0.137. The second-order valence-corrected chi connectivity index (χ2v) is 5.57. The predicted octanol–water partition coefficient (Wildman–Crippen LogP) is 3.84. The SMILES string of the molecule is CC(O)CNc1cc(C(F)(F)F)cc2ncn(-c3ccccc3)c12. The number of aromatic nitrogens is 2. The van der Waals surface area contributed by atoms with Gasteiger partial charge in [-0.15, -0.1) is 0 Å². The molecule has 0 radical (unpaired) electrons. The minimum absolute atomic E-state index is 0.135. The van der Waals surface area contributed by atoms with Crippen molar-refractivity contribution in [3.8, 4) is 5.69 Å². The number of para-hydroxylation sites is 1. The third-order valence-electron chi connectivity index (χ3n) is 3.59. The minimum atomic E-state index is -4.47. The van der Waals surface area contributed by atoms with Crippen LogP contribution in [0.1, 0.15) is 12.5 Å². The highest BCUT2D eigenvalue weighted by atomic mass is 19.4. The van der Waals surface area contributed by atoms with E-state index in [1.807, 2.05) is 30.3 Å². The van der Waals surface area contributed by atoms with Gasteiger partial charge in [-0.2, -0.15) is 13.2 Å². The molecule has 0 amide bonds. The van der Waals surface area contributed by atoms with Crippen LogP contribution in [0.2, 0.25) is 0 Å². The summed E-state index contributed by atoms with van der Waals surface area (Å²) < 4.78 is 41.1. The number of aliphatic hydroxyl groups is 1. The normalized spacial score (nSPS) is 13.2. The van der Waals surface area contributed by atoms with E-state index in [2.05, 4.69) is 10.3 Å². The zero-order valence-electron chi connectivity index (χ0n) is 12.9. The molecule has 0 aliphatic carbocycles. The highest BCUT2D eigenvalue weighted by Gasteiger charge is 2.32. The fourth-order valence-electron chi connectivity index (χ4n) is 2.49. The number of imidazole rings is 1. The summed E-state index contributed by atoms with van der Waals surface area (Å²) in [5, 5.41) is 12.3. The molecule has 1 atom stereocenters. The summed E-state index contributed by atoms with van der Waals surface area (Å²) in [5.74, 6) is 0. The first-order valence-corrected chi connectivity index (χ1v) is 7.42. The monoisotopic (exact) mass is 335 g/mol. The van der Waals surface area contributed by atoms with E-state index >= 15 is 0 Å². The lowest BCUT2D eigenvalue weighted by Gasteiger charge is -2.15. The second kappa shape index (κ2) is 6.16. The Morgan fingerprint density at radius 1 is 1.21 bits per heavy atom. The summed E-state index contributed by atoms with van der Waals surface area (Å²) in [6.45, 7) is 1.70. The topological polar surface area (TPSA) is 50.1 Å². The van der Waals surface area contributed by atoms with Gasteiger partial charge in [0.2, 0.25) is 0 Å². The van der Waals surface area contributed by atoms with Crippen LogP contribution in [0.3, 0.4) is 0 Å². The van der Waals surface area contributed by atoms with Gasteiger partial charge in [0.15, 0.2) is 0 Å². The standard InChI is InChI=1S/C17H16F3N3O/c1-11(24)9-21-14-7-12(17(18,19)20)8-15-16(14)23(10-22-15)13-5-3-2-4-6-13/h2-8,10-11,21,24H,9H2,1H3. The fourth-order valence-corrected chi connectivity index (χ4v) is 2.49. The van der Waals surface area contributed by atoms with E-state index in [0.717, 1.165) is 17.8 Å². The molecular weight excluding hydrogens is 319 g/mol. The average Bonchev–Trinajstić information content (AvgIpc) is 2.96. The van der Waals surface area contributed by atoms with Crippen molar-refractivity contribution in [3.63, 3.8) is 0 Å². The molecule has 0 fully saturated rings. The molecule has 0 aliphatic heterocycles. The van der Waals surface area contributed by atoms with Crippen LogP contribution in [0, 0.1) is 0 Å². The number of benzene rings is 2. The van der Waals surface area contributed by atoms with Gasteiger partial charge in [-0.1, -0.05) is 18.2 Å². The molecule has 1 unspecified atom stereocenters. The van der Waals surface area contributed by atoms with Crippen LogP contribution in [0.5, 0.6) is 0 Å². The summed E-state index contributed by atoms with van der Waals surface area (Å²) in [6, 6.07) is 11.3. The van der Waals surface area contributed by atoms with Gasteiger partial charge >= 0.3 is 6.18 Å². The second-order valence-electron chi connectivity index (χ2n) is 5.57. The van der Waals surface area contributed by atoms with E-state index in [4.69, 9.17) is 0 Å². The molecule has 0 spiro atoms. The van der Waals surface area contributed by atoms with Crippen molar-refractivity contribution in [1.29, 1.82) is 0 Å². The van der Waals surface area contributed by atoms with Gasteiger partial charge in [0.25, 0.3) is 0 Å². The van der Waals surface area contributed by atoms with Crippen molar-refractivity contribution in [3.05, 3.63) is 54.4 Å². The molecule has 2 N–H and O–H groups in total. The number of alkyl halides is 3. The molecule has 7 heteroatoms. The number of nitrogens with zero attached hydrogens (tertiary/aromatic N) is 2. The van der Waals surface area contributed by atoms with E-state index in [0.29, 0.717) is 5.52 Å². The van der Waals surface area contributed by atoms with Crippen molar-refractivity contribution >= 4 is 16.7 Å². The molecule has 126 valence electrons. The maximum atomic E-state index is 13.1. The Kier molecular flexibility index (Phi) is 4.19. The Hall–Kier alpha value is -2.54. The number of fused-ring (bicyclic) bond motifs is 1. The van der Waals surface area contributed by atoms with Gasteiger partial charge in [-0.05, 0) is 31.2 Å². The summed E-state index contributed by atoms with van der Waals surface area (Å²) in [6.07, 6.45) is -3.66. The maximum absolute atomic E-state index is 13.1. The lowest BCUT2D eigenvalue weighted by Crippen LogP contribution is -2.16. The van der Waals surface area contributed by atoms with Crippen molar-refractivity contribution in [2.75, 3.05) is 11.9 Å². The molecule has 0 saturated carbocycles. The highest BCUT2D eigenvalue weighted by molar-refractivity contribution is 5.91. The number of hydrogen-bond acceptors (Lipinski definition) is 3. The number of aliphatic hydroxyl groups excluding tert-OH is 1. The van der Waals surface area contributed by atoms with Crippen LogP contribution in [0.4, 0.5) is 18.9 Å². The van der Waals surface area contributed by atoms with Crippen LogP contribution in [0.25, 0.3) is 16.7 Å². The summed E-state index contributed by atoms with van der Waals surface area (Å²) >= 11 is 0. The minimum Gasteiger partial charge on any atom is -0.392 e. The zero-order chi connectivity index (χ0) is 17.3. The Labute approximate surface area is 136 Å². The zero-order valence-corrected chi connectivity index (χ0v) is 12.9. The molecule has 0 bridgehead atoms. The third-order valence-corrected chi connectivity index (χ3v) is 3.59. The van der Waals surface area contributed by atoms with E-state index in [1.165, 1.54) is 6.33 Å². The molecule has 1 aromatic heterocycles. The third kappa shape index (κ3) is 3.21. The van der Waals surface area contributed by atoms with Gasteiger partial charge in [0, 0.05) is 12.2 Å². The van der Waals surface area contributed by atoms with Gasteiger partial charge in [0.1, 0.15) is 6.33 Å². The lowest BCUT2D eigenvalue weighted by atomic mass is 10.1. The Morgan fingerprint density at radius 3 is 2.54 bits per heavy atom. The molecular formula is C17H16F3N3O. The first kappa shape index (κ1) is 16.3. The van der Waals surface area contributed by atoms with Gasteiger partial charge in [-0.25, -0.2) is 4.98 Å². The van der Waals surface area contributed by atoms with Gasteiger partial charge < -0.3 is 10.4 Å². The Bertz CT molecular complexity index is 841. The first-order valence-electron chi connectivity index (χ1n) is 7.42. The fraction of sp³-hybridized carbons (Fsp3) is 0.235. The van der Waals surface area contributed by atoms with E-state index in [9.17, 15) is 18.3 Å². The molecule has 3 rings (SSSR count).